The van der Waals surface area contributed by atoms with Crippen molar-refractivity contribution in [3.8, 4) is 28.5 Å². The van der Waals surface area contributed by atoms with Gasteiger partial charge in [-0.25, -0.2) is 31.1 Å². The molecule has 150 valence electrons. The van der Waals surface area contributed by atoms with E-state index >= 15 is 0 Å². The average molecular weight is 425 g/mol. The topological polar surface area (TPSA) is 110 Å². The maximum absolute atomic E-state index is 14.6. The molecule has 2 aromatic carbocycles. The first-order chi connectivity index (χ1) is 13.5. The maximum Gasteiger partial charge on any atom is 0.298 e. The molecule has 2 N–H and O–H groups in total. The van der Waals surface area contributed by atoms with Gasteiger partial charge in [0.15, 0.2) is 0 Å². The standard InChI is InChI=1S/C18H11F4N3O3S/c1-8-4-9(2-3-10(8)7-23)16-15(17(18(21)22)28-25-16)11-5-13(20)14(6-12(11)19)29(24,26)27/h2-6,18H,1H3,(H2,24,26,27). The minimum Gasteiger partial charge on any atom is -0.354 e. The van der Waals surface area contributed by atoms with Crippen molar-refractivity contribution in [1.82, 2.24) is 5.16 Å². The van der Waals surface area contributed by atoms with Gasteiger partial charge in [-0.05, 0) is 36.8 Å². The van der Waals surface area contributed by atoms with Crippen molar-refractivity contribution in [3.63, 3.8) is 0 Å². The molecule has 11 heteroatoms. The number of aromatic nitrogens is 1. The minimum atomic E-state index is -4.58. The number of benzene rings is 2. The Hall–Kier alpha value is -3.23. The summed E-state index contributed by atoms with van der Waals surface area (Å²) >= 11 is 0. The third-order valence-electron chi connectivity index (χ3n) is 4.13. The third-order valence-corrected chi connectivity index (χ3v) is 5.06. The van der Waals surface area contributed by atoms with E-state index in [1.807, 2.05) is 6.07 Å². The lowest BCUT2D eigenvalue weighted by molar-refractivity contribution is 0.113. The van der Waals surface area contributed by atoms with Crippen LogP contribution in [0.1, 0.15) is 23.3 Å². The number of nitriles is 1. The Bertz CT molecular complexity index is 1260. The first kappa shape index (κ1) is 20.5. The monoisotopic (exact) mass is 425 g/mol. The molecular weight excluding hydrogens is 414 g/mol. The van der Waals surface area contributed by atoms with Crippen LogP contribution in [0.4, 0.5) is 17.6 Å². The molecule has 0 aliphatic carbocycles. The highest BCUT2D eigenvalue weighted by atomic mass is 32.2. The first-order valence-electron chi connectivity index (χ1n) is 7.85. The summed E-state index contributed by atoms with van der Waals surface area (Å²) in [4.78, 5) is -1.12. The van der Waals surface area contributed by atoms with E-state index in [0.29, 0.717) is 23.3 Å². The van der Waals surface area contributed by atoms with E-state index in [-0.39, 0.29) is 11.3 Å². The zero-order valence-electron chi connectivity index (χ0n) is 14.6. The summed E-state index contributed by atoms with van der Waals surface area (Å²) in [5, 5.41) is 17.4. The van der Waals surface area contributed by atoms with E-state index in [1.54, 1.807) is 6.92 Å². The molecule has 1 heterocycles. The van der Waals surface area contributed by atoms with Crippen LogP contribution in [0.3, 0.4) is 0 Å². The normalized spacial score (nSPS) is 11.7. The zero-order chi connectivity index (χ0) is 21.5. The number of nitrogens with zero attached hydrogens (tertiary/aromatic N) is 2. The Balaban J connectivity index is 2.30. The first-order valence-corrected chi connectivity index (χ1v) is 9.40. The van der Waals surface area contributed by atoms with Crippen LogP contribution >= 0.6 is 0 Å². The molecule has 0 aliphatic rings. The summed E-state index contributed by atoms with van der Waals surface area (Å²) in [6, 6.07) is 6.92. The zero-order valence-corrected chi connectivity index (χ0v) is 15.4. The Morgan fingerprint density at radius 1 is 1.17 bits per heavy atom. The van der Waals surface area contributed by atoms with Crippen molar-refractivity contribution in [3.05, 3.63) is 58.9 Å². The lowest BCUT2D eigenvalue weighted by Crippen LogP contribution is -2.14. The quantitative estimate of drug-likeness (QED) is 0.634. The van der Waals surface area contributed by atoms with Gasteiger partial charge < -0.3 is 4.52 Å². The Labute approximate surface area is 162 Å². The van der Waals surface area contributed by atoms with E-state index in [2.05, 4.69) is 9.68 Å². The van der Waals surface area contributed by atoms with Crippen LogP contribution in [0.5, 0.6) is 0 Å². The summed E-state index contributed by atoms with van der Waals surface area (Å²) in [5.41, 5.74) is -0.418. The second kappa shape index (κ2) is 7.31. The smallest absolute Gasteiger partial charge is 0.298 e. The van der Waals surface area contributed by atoms with E-state index in [9.17, 15) is 26.0 Å². The molecule has 0 amide bonds. The predicted molar refractivity (Wildman–Crippen MR) is 93.1 cm³/mol. The predicted octanol–water partition coefficient (Wildman–Crippen LogP) is 4.05. The average Bonchev–Trinajstić information content (AvgIpc) is 3.07. The fourth-order valence-electron chi connectivity index (χ4n) is 2.78. The van der Waals surface area contributed by atoms with Gasteiger partial charge in [-0.3, -0.25) is 0 Å². The molecule has 0 saturated carbocycles. The molecule has 0 radical (unpaired) electrons. The van der Waals surface area contributed by atoms with Crippen molar-refractivity contribution < 1.29 is 30.5 Å². The molecule has 0 fully saturated rings. The van der Waals surface area contributed by atoms with Crippen LogP contribution in [0.2, 0.25) is 0 Å². The Kier molecular flexibility index (Phi) is 5.16. The Morgan fingerprint density at radius 3 is 2.41 bits per heavy atom. The number of rotatable bonds is 4. The number of aryl methyl sites for hydroxylation is 1. The largest absolute Gasteiger partial charge is 0.354 e. The summed E-state index contributed by atoms with van der Waals surface area (Å²) < 4.78 is 83.1. The second-order valence-corrected chi connectivity index (χ2v) is 7.55. The van der Waals surface area contributed by atoms with Gasteiger partial charge in [0.25, 0.3) is 6.43 Å². The van der Waals surface area contributed by atoms with Crippen molar-refractivity contribution in [2.24, 2.45) is 5.14 Å². The van der Waals surface area contributed by atoms with Crippen LogP contribution in [0.25, 0.3) is 22.4 Å². The number of nitrogens with two attached hydrogens (primary N) is 1. The number of alkyl halides is 2. The number of primary sulfonamides is 1. The molecule has 0 atom stereocenters. The summed E-state index contributed by atoms with van der Waals surface area (Å²) in [5.74, 6) is -3.76. The highest BCUT2D eigenvalue weighted by Gasteiger charge is 2.29. The number of hydrogen-bond donors (Lipinski definition) is 1. The summed E-state index contributed by atoms with van der Waals surface area (Å²) in [6.45, 7) is 1.59. The number of halogens is 4. The molecule has 1 aromatic heterocycles. The van der Waals surface area contributed by atoms with E-state index in [1.165, 1.54) is 18.2 Å². The minimum absolute atomic E-state index is 0.211. The third kappa shape index (κ3) is 3.72. The van der Waals surface area contributed by atoms with E-state index in [4.69, 9.17) is 10.4 Å². The molecule has 3 aromatic rings. The molecule has 0 saturated heterocycles. The highest BCUT2D eigenvalue weighted by molar-refractivity contribution is 7.89. The fraction of sp³-hybridized carbons (Fsp3) is 0.111. The van der Waals surface area contributed by atoms with Gasteiger partial charge >= 0.3 is 0 Å². The van der Waals surface area contributed by atoms with Gasteiger partial charge in [0.05, 0.1) is 17.2 Å². The van der Waals surface area contributed by atoms with Gasteiger partial charge in [-0.1, -0.05) is 11.2 Å². The van der Waals surface area contributed by atoms with Crippen LogP contribution in [0.15, 0.2) is 39.8 Å². The van der Waals surface area contributed by atoms with Crippen molar-refractivity contribution >= 4 is 10.0 Å². The van der Waals surface area contributed by atoms with Gasteiger partial charge in [0.2, 0.25) is 15.8 Å². The summed E-state index contributed by atoms with van der Waals surface area (Å²) in [6.07, 6.45) is -3.22. The van der Waals surface area contributed by atoms with Gasteiger partial charge in [0, 0.05) is 11.1 Å². The SMILES string of the molecule is Cc1cc(-c2noc(C(F)F)c2-c2cc(F)c(S(N)(=O)=O)cc2F)ccc1C#N. The molecule has 3 rings (SSSR count). The molecular formula is C18H11F4N3O3S. The fourth-order valence-corrected chi connectivity index (χ4v) is 3.38. The van der Waals surface area contributed by atoms with E-state index in [0.717, 1.165) is 0 Å². The molecule has 29 heavy (non-hydrogen) atoms. The van der Waals surface area contributed by atoms with Crippen molar-refractivity contribution in [2.75, 3.05) is 0 Å². The lowest BCUT2D eigenvalue weighted by atomic mass is 9.96. The summed E-state index contributed by atoms with van der Waals surface area (Å²) in [7, 11) is -4.58. The van der Waals surface area contributed by atoms with Crippen molar-refractivity contribution in [2.45, 2.75) is 18.2 Å². The highest BCUT2D eigenvalue weighted by Crippen LogP contribution is 2.41. The maximum atomic E-state index is 14.6. The van der Waals surface area contributed by atoms with Crippen LogP contribution in [-0.2, 0) is 10.0 Å². The Morgan fingerprint density at radius 2 is 1.86 bits per heavy atom. The van der Waals surface area contributed by atoms with Gasteiger partial charge in [0.1, 0.15) is 22.2 Å². The molecule has 6 nitrogen and oxygen atoms in total. The lowest BCUT2D eigenvalue weighted by Gasteiger charge is -2.09. The van der Waals surface area contributed by atoms with Crippen molar-refractivity contribution in [1.29, 1.82) is 5.26 Å². The number of hydrogen-bond acceptors (Lipinski definition) is 5. The molecule has 0 unspecified atom stereocenters. The molecule has 0 bridgehead atoms. The van der Waals surface area contributed by atoms with Crippen LogP contribution in [-0.4, -0.2) is 13.6 Å². The molecule has 0 spiro atoms. The second-order valence-electron chi connectivity index (χ2n) is 6.02. The number of sulfonamides is 1. The molecule has 0 aliphatic heterocycles. The van der Waals surface area contributed by atoms with Crippen LogP contribution < -0.4 is 5.14 Å². The van der Waals surface area contributed by atoms with Gasteiger partial charge in [-0.15, -0.1) is 0 Å². The van der Waals surface area contributed by atoms with Gasteiger partial charge in [-0.2, -0.15) is 5.26 Å². The van der Waals surface area contributed by atoms with Crippen LogP contribution in [0, 0.1) is 29.9 Å². The van der Waals surface area contributed by atoms with E-state index < -0.39 is 49.9 Å².